The highest BCUT2D eigenvalue weighted by atomic mass is 127. The van der Waals surface area contributed by atoms with Crippen LogP contribution in [-0.2, 0) is 18.8 Å². The minimum atomic E-state index is -1.47. The molecule has 6 aromatic heterocycles. The Morgan fingerprint density at radius 1 is 0.478 bits per heavy atom. The van der Waals surface area contributed by atoms with E-state index in [0.717, 1.165) is 107 Å². The third kappa shape index (κ3) is 16.0. The lowest BCUT2D eigenvalue weighted by Crippen LogP contribution is -2.41. The first-order valence-electron chi connectivity index (χ1n) is 36.1. The van der Waals surface area contributed by atoms with Gasteiger partial charge in [0.05, 0.1) is 106 Å². The minimum absolute atomic E-state index is 0.0653. The lowest BCUT2D eigenvalue weighted by molar-refractivity contribution is 0.00578. The number of carboxylic acid groups (broad SMARTS) is 1. The first-order valence-corrected chi connectivity index (χ1v) is 38.3. The maximum Gasteiger partial charge on any atom is 0.500 e. The predicted octanol–water partition coefficient (Wildman–Crippen LogP) is 18.9. The molecule has 4 fully saturated rings. The molecule has 3 aliphatic carbocycles. The smallest absolute Gasteiger partial charge is 0.478 e. The van der Waals surface area contributed by atoms with Crippen LogP contribution in [0.4, 0.5) is 26.3 Å². The second-order valence-electron chi connectivity index (χ2n) is 28.1. The average molecular weight is 1710 g/mol. The highest BCUT2D eigenvalue weighted by Crippen LogP contribution is 2.45. The number of hydrogen-bond donors (Lipinski definition) is 1. The molecular formula is C82H68BCl3F6IN9O11. The van der Waals surface area contributed by atoms with Crippen molar-refractivity contribution in [3.63, 3.8) is 0 Å². The number of nitrogens with zero attached hydrogens (tertiary/aromatic N) is 9. The summed E-state index contributed by atoms with van der Waals surface area (Å²) in [5.41, 5.74) is 1.92. The van der Waals surface area contributed by atoms with Crippen molar-refractivity contribution in [1.82, 2.24) is 44.3 Å². The lowest BCUT2D eigenvalue weighted by Gasteiger charge is -2.32. The number of ether oxygens (including phenoxy) is 2. The molecule has 1 aliphatic heterocycles. The molecule has 31 heteroatoms. The molecule has 1 N–H and O–H groups in total. The molecule has 12 aromatic rings. The summed E-state index contributed by atoms with van der Waals surface area (Å²) in [6.07, 6.45) is 13.9. The van der Waals surface area contributed by atoms with Crippen molar-refractivity contribution in [2.45, 2.75) is 128 Å². The van der Waals surface area contributed by atoms with Crippen LogP contribution < -0.4 is 5.46 Å². The number of carboxylic acids is 1. The molecule has 6 aromatic carbocycles. The lowest BCUT2D eigenvalue weighted by atomic mass is 9.77. The van der Waals surface area contributed by atoms with Gasteiger partial charge in [-0.05, 0) is 228 Å². The van der Waals surface area contributed by atoms with Crippen LogP contribution in [0, 0.1) is 38.6 Å². The van der Waals surface area contributed by atoms with Crippen LogP contribution in [-0.4, -0.2) is 117 Å². The number of pyridine rings is 3. The van der Waals surface area contributed by atoms with Gasteiger partial charge in [-0.3, -0.25) is 29.3 Å². The van der Waals surface area contributed by atoms with Crippen LogP contribution >= 0.6 is 57.4 Å². The first kappa shape index (κ1) is 80.8. The summed E-state index contributed by atoms with van der Waals surface area (Å²) >= 11 is 21.4. The van der Waals surface area contributed by atoms with Crippen LogP contribution in [0.15, 0.2) is 146 Å². The number of halogens is 10. The Morgan fingerprint density at radius 3 is 1.12 bits per heavy atom. The van der Waals surface area contributed by atoms with Gasteiger partial charge in [-0.1, -0.05) is 90.5 Å². The molecule has 7 heterocycles. The maximum atomic E-state index is 15.1. The van der Waals surface area contributed by atoms with Crippen molar-refractivity contribution in [2.75, 3.05) is 13.2 Å². The summed E-state index contributed by atoms with van der Waals surface area (Å²) in [5, 5.41) is 23.0. The Bertz CT molecular complexity index is 5730. The standard InChI is InChI=1S/C26H20ClF2N3O3.C24H16ClF2N3O3.C17H13ClIN3O.C15H19BF2O4/c1-2-35-26(34)15-12-18(28)22(19(29)13-15)24-23-20(10-5-11-30-23)32(31-24)25(33)21-16(14-6-3-7-14)8-4-9-17(21)27;25-15-7-2-6-14(12-4-1-5-12)19(15)23(31)30-18-8-3-9-28-21(18)22(29-30)20-16(26)10-13(24(32)33)11-17(20)27;18-12-7-2-6-11(10-4-1-5-10)14(12)17(23)22-13-8-3-9-20-15(13)16(19)21-22;1-6-20-13(19)9-7-10(17)12(11(18)8-9)16-21-14(2,3)15(4,5)22-16/h4-5,8-14H,2-3,6-7H2,1H3;2-3,6-12H,1,4-5H2,(H,32,33);2-3,6-10H,1,4-5H2;7-8H,6H2,1-5H3. The molecule has 20 nitrogen and oxygen atoms in total. The predicted molar refractivity (Wildman–Crippen MR) is 420 cm³/mol. The van der Waals surface area contributed by atoms with Crippen LogP contribution in [0.2, 0.25) is 15.1 Å². The average Bonchev–Trinajstić information content (AvgIpc) is 1.54. The summed E-state index contributed by atoms with van der Waals surface area (Å²) in [7, 11) is -1.17. The van der Waals surface area contributed by atoms with E-state index in [0.29, 0.717) is 49.0 Å². The molecule has 0 bridgehead atoms. The van der Waals surface area contributed by atoms with Gasteiger partial charge in [0, 0.05) is 18.6 Å². The Kier molecular flexibility index (Phi) is 23.9. The van der Waals surface area contributed by atoms with Crippen LogP contribution in [0.25, 0.3) is 55.6 Å². The van der Waals surface area contributed by atoms with E-state index in [1.54, 1.807) is 102 Å². The fourth-order valence-corrected chi connectivity index (χ4v) is 15.0. The molecule has 113 heavy (non-hydrogen) atoms. The van der Waals surface area contributed by atoms with E-state index >= 15 is 8.78 Å². The second kappa shape index (κ2) is 33.4. The van der Waals surface area contributed by atoms with Gasteiger partial charge >= 0.3 is 25.0 Å². The van der Waals surface area contributed by atoms with E-state index in [9.17, 15) is 46.3 Å². The number of benzene rings is 6. The fraction of sp³-hybridized carbons (Fsp3) is 0.268. The summed E-state index contributed by atoms with van der Waals surface area (Å²) in [6, 6.07) is 31.3. The van der Waals surface area contributed by atoms with Gasteiger partial charge in [-0.25, -0.2) is 40.7 Å². The van der Waals surface area contributed by atoms with Crippen LogP contribution in [0.5, 0.6) is 0 Å². The third-order valence-corrected chi connectivity index (χ3v) is 22.3. The van der Waals surface area contributed by atoms with E-state index < -0.39 is 99.6 Å². The molecule has 0 amide bonds. The van der Waals surface area contributed by atoms with Gasteiger partial charge in [-0.2, -0.15) is 29.3 Å². The van der Waals surface area contributed by atoms with Crippen molar-refractivity contribution < 1.29 is 79.0 Å². The quantitative estimate of drug-likeness (QED) is 0.0460. The van der Waals surface area contributed by atoms with E-state index in [2.05, 4.69) is 52.8 Å². The number of rotatable bonds is 14. The molecule has 0 unspecified atom stereocenters. The molecule has 0 radical (unpaired) electrons. The van der Waals surface area contributed by atoms with Crippen molar-refractivity contribution >= 4 is 139 Å². The number of carbonyl (C=O) groups is 6. The number of aromatic carboxylic acids is 1. The van der Waals surface area contributed by atoms with Gasteiger partial charge in [-0.15, -0.1) is 0 Å². The monoisotopic (exact) mass is 1710 g/mol. The fourth-order valence-electron chi connectivity index (χ4n) is 13.6. The molecule has 1 saturated heterocycles. The van der Waals surface area contributed by atoms with Gasteiger partial charge in [0.25, 0.3) is 17.7 Å². The molecule has 0 atom stereocenters. The molecule has 4 aliphatic rings. The topological polar surface area (TPSA) is 252 Å². The number of carbonyl (C=O) groups excluding carboxylic acids is 5. The molecule has 3 saturated carbocycles. The number of esters is 2. The molecule has 16 rings (SSSR count). The Labute approximate surface area is 671 Å². The number of hydrogen-bond acceptors (Lipinski definition) is 16. The van der Waals surface area contributed by atoms with Gasteiger partial charge in [0.2, 0.25) is 0 Å². The van der Waals surface area contributed by atoms with Crippen LogP contribution in [0.1, 0.15) is 196 Å². The Balaban J connectivity index is 0.000000134. The van der Waals surface area contributed by atoms with E-state index in [-0.39, 0.29) is 91.0 Å². The summed E-state index contributed by atoms with van der Waals surface area (Å²) in [4.78, 5) is 87.9. The SMILES string of the molecule is CCOC(=O)c1cc(F)c(-c2nn(C(=O)c3c(Cl)cccc3C3CCC3)c3cccnc23)c(F)c1.CCOC(=O)c1cc(F)c(B2OC(C)(C)C(C)(C)O2)c(F)c1.O=C(O)c1cc(F)c(-c2nn(C(=O)c3c(Cl)cccc3C3CCC3)c3cccnc23)c(F)c1.O=C(c1c(Cl)cccc1C1CCC1)n1nc(I)c2ncccc21. The van der Waals surface area contributed by atoms with Gasteiger partial charge in [0.1, 0.15) is 66.5 Å². The highest BCUT2D eigenvalue weighted by molar-refractivity contribution is 14.1. The summed E-state index contributed by atoms with van der Waals surface area (Å²) in [5.74, 6) is -9.55. The largest absolute Gasteiger partial charge is 0.500 e. The minimum Gasteiger partial charge on any atom is -0.478 e. The highest BCUT2D eigenvalue weighted by Gasteiger charge is 2.53. The van der Waals surface area contributed by atoms with E-state index in [1.807, 2.05) is 36.4 Å². The third-order valence-electron chi connectivity index (χ3n) is 20.7. The summed E-state index contributed by atoms with van der Waals surface area (Å²) < 4.78 is 114. The van der Waals surface area contributed by atoms with Crippen molar-refractivity contribution in [3.05, 3.63) is 250 Å². The maximum absolute atomic E-state index is 15.1. The molecular weight excluding hydrogens is 1650 g/mol. The molecule has 580 valence electrons. The zero-order chi connectivity index (χ0) is 80.6. The van der Waals surface area contributed by atoms with Gasteiger partial charge in [0.15, 0.2) is 0 Å². The van der Waals surface area contributed by atoms with E-state index in [4.69, 9.17) is 58.7 Å². The van der Waals surface area contributed by atoms with Crippen molar-refractivity contribution in [3.8, 4) is 22.5 Å². The zero-order valence-electron chi connectivity index (χ0n) is 61.3. The first-order chi connectivity index (χ1) is 54.0. The molecule has 0 spiro atoms. The van der Waals surface area contributed by atoms with Crippen molar-refractivity contribution in [2.24, 2.45) is 0 Å². The zero-order valence-corrected chi connectivity index (χ0v) is 65.7. The van der Waals surface area contributed by atoms with Crippen molar-refractivity contribution in [1.29, 1.82) is 0 Å². The van der Waals surface area contributed by atoms with Gasteiger partial charge < -0.3 is 23.9 Å². The normalized spacial score (nSPS) is 15.0. The number of aromatic nitrogens is 9. The van der Waals surface area contributed by atoms with E-state index in [1.165, 1.54) is 23.5 Å². The Hall–Kier alpha value is -10.2. The summed E-state index contributed by atoms with van der Waals surface area (Å²) in [6.45, 7) is 10.5. The number of fused-ring (bicyclic) bond motifs is 3. The second-order valence-corrected chi connectivity index (χ2v) is 30.3. The van der Waals surface area contributed by atoms with Crippen LogP contribution in [0.3, 0.4) is 0 Å². The Morgan fingerprint density at radius 2 is 0.796 bits per heavy atom.